The number of carboxylic acids is 1. The van der Waals surface area contributed by atoms with E-state index in [9.17, 15) is 9.59 Å². The predicted octanol–water partition coefficient (Wildman–Crippen LogP) is 0.258. The van der Waals surface area contributed by atoms with Crippen molar-refractivity contribution < 1.29 is 14.7 Å². The number of rotatable bonds is 5. The maximum absolute atomic E-state index is 11.5. The number of nitrogens with zero attached hydrogens (tertiary/aromatic N) is 1. The number of pyridine rings is 1. The Bertz CT molecular complexity index is 393. The zero-order valence-corrected chi connectivity index (χ0v) is 8.64. The molecule has 0 radical (unpaired) electrons. The fourth-order valence-corrected chi connectivity index (χ4v) is 1.13. The summed E-state index contributed by atoms with van der Waals surface area (Å²) in [5.41, 5.74) is 6.26. The van der Waals surface area contributed by atoms with Gasteiger partial charge < -0.3 is 16.2 Å². The van der Waals surface area contributed by atoms with Crippen LogP contribution >= 0.6 is 0 Å². The van der Waals surface area contributed by atoms with Gasteiger partial charge in [0.15, 0.2) is 0 Å². The standard InChI is InChI=1S/C10H13N3O3/c11-8-4-7(5-12-6-8)10(16)13-3-1-2-9(14)15/h4-6H,1-3,11H2,(H,13,16)(H,14,15). The lowest BCUT2D eigenvalue weighted by atomic mass is 10.2. The number of nitrogen functional groups attached to an aromatic ring is 1. The van der Waals surface area contributed by atoms with E-state index in [1.165, 1.54) is 18.5 Å². The van der Waals surface area contributed by atoms with Gasteiger partial charge in [-0.3, -0.25) is 14.6 Å². The van der Waals surface area contributed by atoms with E-state index in [2.05, 4.69) is 10.3 Å². The van der Waals surface area contributed by atoms with Crippen LogP contribution in [0.25, 0.3) is 0 Å². The van der Waals surface area contributed by atoms with E-state index < -0.39 is 5.97 Å². The van der Waals surface area contributed by atoms with E-state index in [0.29, 0.717) is 24.2 Å². The summed E-state index contributed by atoms with van der Waals surface area (Å²) in [6.07, 6.45) is 3.29. The number of anilines is 1. The van der Waals surface area contributed by atoms with Crippen LogP contribution in [0.15, 0.2) is 18.5 Å². The number of nitrogens with two attached hydrogens (primary N) is 1. The first-order chi connectivity index (χ1) is 7.59. The predicted molar refractivity (Wildman–Crippen MR) is 57.9 cm³/mol. The molecule has 1 aromatic rings. The van der Waals surface area contributed by atoms with Crippen molar-refractivity contribution in [3.05, 3.63) is 24.0 Å². The molecule has 0 saturated carbocycles. The highest BCUT2D eigenvalue weighted by atomic mass is 16.4. The zero-order chi connectivity index (χ0) is 12.0. The average molecular weight is 223 g/mol. The SMILES string of the molecule is Nc1cncc(C(=O)NCCCC(=O)O)c1. The average Bonchev–Trinajstić information content (AvgIpc) is 2.24. The van der Waals surface area contributed by atoms with Crippen LogP contribution in [0.2, 0.25) is 0 Å². The lowest BCUT2D eigenvalue weighted by Crippen LogP contribution is -2.25. The van der Waals surface area contributed by atoms with Crippen molar-refractivity contribution in [2.45, 2.75) is 12.8 Å². The van der Waals surface area contributed by atoms with E-state index in [0.717, 1.165) is 0 Å². The van der Waals surface area contributed by atoms with E-state index in [-0.39, 0.29) is 12.3 Å². The highest BCUT2D eigenvalue weighted by molar-refractivity contribution is 5.94. The molecular weight excluding hydrogens is 210 g/mol. The Morgan fingerprint density at radius 1 is 1.44 bits per heavy atom. The lowest BCUT2D eigenvalue weighted by Gasteiger charge is -2.04. The Kier molecular flexibility index (Phi) is 4.26. The number of carboxylic acid groups (broad SMARTS) is 1. The van der Waals surface area contributed by atoms with E-state index >= 15 is 0 Å². The largest absolute Gasteiger partial charge is 0.481 e. The number of carbonyl (C=O) groups excluding carboxylic acids is 1. The van der Waals surface area contributed by atoms with Crippen LogP contribution in [0.3, 0.4) is 0 Å². The lowest BCUT2D eigenvalue weighted by molar-refractivity contribution is -0.137. The van der Waals surface area contributed by atoms with Crippen LogP contribution in [0.1, 0.15) is 23.2 Å². The molecule has 1 amide bonds. The molecule has 86 valence electrons. The maximum Gasteiger partial charge on any atom is 0.303 e. The van der Waals surface area contributed by atoms with Gasteiger partial charge in [0.1, 0.15) is 0 Å². The minimum Gasteiger partial charge on any atom is -0.481 e. The van der Waals surface area contributed by atoms with Gasteiger partial charge in [0, 0.05) is 25.4 Å². The van der Waals surface area contributed by atoms with Gasteiger partial charge in [0.2, 0.25) is 0 Å². The number of hydrogen-bond donors (Lipinski definition) is 3. The first kappa shape index (κ1) is 12.0. The van der Waals surface area contributed by atoms with Crippen molar-refractivity contribution in [2.24, 2.45) is 0 Å². The second-order valence-electron chi connectivity index (χ2n) is 3.26. The van der Waals surface area contributed by atoms with Crippen LogP contribution in [0.4, 0.5) is 5.69 Å². The molecule has 0 aliphatic carbocycles. The molecule has 1 rings (SSSR count). The number of nitrogens with one attached hydrogen (secondary N) is 1. The molecular formula is C10H13N3O3. The fourth-order valence-electron chi connectivity index (χ4n) is 1.13. The smallest absolute Gasteiger partial charge is 0.303 e. The van der Waals surface area contributed by atoms with Crippen LogP contribution in [0.5, 0.6) is 0 Å². The first-order valence-electron chi connectivity index (χ1n) is 4.80. The van der Waals surface area contributed by atoms with Gasteiger partial charge >= 0.3 is 5.97 Å². The molecule has 0 spiro atoms. The third-order valence-electron chi connectivity index (χ3n) is 1.87. The molecule has 0 unspecified atom stereocenters. The van der Waals surface area contributed by atoms with Crippen molar-refractivity contribution in [1.82, 2.24) is 10.3 Å². The summed E-state index contributed by atoms with van der Waals surface area (Å²) in [4.78, 5) is 25.5. The maximum atomic E-state index is 11.5. The van der Waals surface area contributed by atoms with Gasteiger partial charge in [-0.15, -0.1) is 0 Å². The molecule has 0 atom stereocenters. The third kappa shape index (κ3) is 3.95. The summed E-state index contributed by atoms with van der Waals surface area (Å²) in [7, 11) is 0. The summed E-state index contributed by atoms with van der Waals surface area (Å²) in [6.45, 7) is 0.319. The van der Waals surface area contributed by atoms with Gasteiger partial charge in [0.05, 0.1) is 11.3 Å². The highest BCUT2D eigenvalue weighted by Crippen LogP contribution is 2.03. The summed E-state index contributed by atoms with van der Waals surface area (Å²) in [5.74, 6) is -1.18. The fraction of sp³-hybridized carbons (Fsp3) is 0.300. The number of carbonyl (C=O) groups is 2. The van der Waals surface area contributed by atoms with Crippen molar-refractivity contribution in [3.8, 4) is 0 Å². The molecule has 0 aliphatic heterocycles. The van der Waals surface area contributed by atoms with Crippen LogP contribution < -0.4 is 11.1 Å². The molecule has 16 heavy (non-hydrogen) atoms. The van der Waals surface area contributed by atoms with Crippen LogP contribution in [0, 0.1) is 0 Å². The number of aromatic nitrogens is 1. The molecule has 1 heterocycles. The van der Waals surface area contributed by atoms with Crippen molar-refractivity contribution in [1.29, 1.82) is 0 Å². The second kappa shape index (κ2) is 5.69. The van der Waals surface area contributed by atoms with Crippen LogP contribution in [-0.4, -0.2) is 28.5 Å². The minimum atomic E-state index is -0.875. The second-order valence-corrected chi connectivity index (χ2v) is 3.26. The summed E-state index contributed by atoms with van der Waals surface area (Å²) >= 11 is 0. The topological polar surface area (TPSA) is 105 Å². The van der Waals surface area contributed by atoms with Crippen LogP contribution in [-0.2, 0) is 4.79 Å². The molecule has 1 aromatic heterocycles. The number of hydrogen-bond acceptors (Lipinski definition) is 4. The molecule has 0 saturated heterocycles. The van der Waals surface area contributed by atoms with Gasteiger partial charge in [-0.2, -0.15) is 0 Å². The van der Waals surface area contributed by atoms with Gasteiger partial charge in [-0.05, 0) is 12.5 Å². The van der Waals surface area contributed by atoms with Crippen molar-refractivity contribution in [2.75, 3.05) is 12.3 Å². The normalized spacial score (nSPS) is 9.75. The Morgan fingerprint density at radius 2 is 2.19 bits per heavy atom. The van der Waals surface area contributed by atoms with E-state index in [1.807, 2.05) is 0 Å². The Balaban J connectivity index is 2.38. The monoisotopic (exact) mass is 223 g/mol. The number of aliphatic carboxylic acids is 1. The molecule has 6 heteroatoms. The Labute approximate surface area is 92.5 Å². The van der Waals surface area contributed by atoms with Crippen molar-refractivity contribution >= 4 is 17.6 Å². The molecule has 0 fully saturated rings. The summed E-state index contributed by atoms with van der Waals surface area (Å²) in [5, 5.41) is 11.0. The highest BCUT2D eigenvalue weighted by Gasteiger charge is 2.05. The van der Waals surface area contributed by atoms with E-state index in [4.69, 9.17) is 10.8 Å². The van der Waals surface area contributed by atoms with Gasteiger partial charge in [-0.1, -0.05) is 0 Å². The molecule has 0 aliphatic rings. The molecule has 4 N–H and O–H groups in total. The number of amides is 1. The Morgan fingerprint density at radius 3 is 2.81 bits per heavy atom. The zero-order valence-electron chi connectivity index (χ0n) is 8.64. The molecule has 0 bridgehead atoms. The van der Waals surface area contributed by atoms with E-state index in [1.54, 1.807) is 0 Å². The molecule has 6 nitrogen and oxygen atoms in total. The van der Waals surface area contributed by atoms with Gasteiger partial charge in [-0.25, -0.2) is 0 Å². The summed E-state index contributed by atoms with van der Waals surface area (Å²) < 4.78 is 0. The first-order valence-corrected chi connectivity index (χ1v) is 4.80. The quantitative estimate of drug-likeness (QED) is 0.621. The van der Waals surface area contributed by atoms with Gasteiger partial charge in [0.25, 0.3) is 5.91 Å². The third-order valence-corrected chi connectivity index (χ3v) is 1.87. The molecule has 0 aromatic carbocycles. The van der Waals surface area contributed by atoms with Crippen molar-refractivity contribution in [3.63, 3.8) is 0 Å². The Hall–Kier alpha value is -2.11. The summed E-state index contributed by atoms with van der Waals surface area (Å²) in [6, 6.07) is 1.51. The minimum absolute atomic E-state index is 0.0372.